The van der Waals surface area contributed by atoms with Crippen molar-refractivity contribution < 1.29 is 0 Å². The molecule has 1 aromatic carbocycles. The number of hydrogen-bond acceptors (Lipinski definition) is 6. The molecule has 4 aromatic heterocycles. The van der Waals surface area contributed by atoms with Crippen molar-refractivity contribution in [3.8, 4) is 45.4 Å². The highest BCUT2D eigenvalue weighted by Gasteiger charge is 2.13. The van der Waals surface area contributed by atoms with Gasteiger partial charge in [-0.25, -0.2) is 15.0 Å². The van der Waals surface area contributed by atoms with Crippen molar-refractivity contribution >= 4 is 0 Å². The Hall–Kier alpha value is -4.32. The van der Waals surface area contributed by atoms with Crippen LogP contribution in [0.25, 0.3) is 45.4 Å². The summed E-state index contributed by atoms with van der Waals surface area (Å²) in [5.41, 5.74) is 4.63. The van der Waals surface area contributed by atoms with Crippen molar-refractivity contribution in [2.45, 2.75) is 0 Å². The van der Waals surface area contributed by atoms with E-state index in [1.807, 2.05) is 54.6 Å². The minimum Gasteiger partial charge on any atom is -0.265 e. The third-order valence-electron chi connectivity index (χ3n) is 4.61. The van der Waals surface area contributed by atoms with E-state index in [0.29, 0.717) is 23.2 Å². The molecular weight excluding hydrogens is 372 g/mol. The fraction of sp³-hybridized carbons (Fsp3) is 0. The quantitative estimate of drug-likeness (QED) is 0.443. The maximum absolute atomic E-state index is 4.70. The zero-order valence-electron chi connectivity index (χ0n) is 15.9. The summed E-state index contributed by atoms with van der Waals surface area (Å²) >= 11 is 0. The maximum Gasteiger partial charge on any atom is 0.182 e. The van der Waals surface area contributed by atoms with Crippen LogP contribution in [0.2, 0.25) is 0 Å². The standard InChI is InChI=1S/C24H16N6/c1-2-13-27-21(5-1)24-29-22(28-23(30-24)20-4-3-12-26-16-20)19-8-6-17(7-9-19)18-10-14-25-15-11-18/h1-16H. The van der Waals surface area contributed by atoms with Gasteiger partial charge < -0.3 is 0 Å². The monoisotopic (exact) mass is 388 g/mol. The normalized spacial score (nSPS) is 10.7. The van der Waals surface area contributed by atoms with Crippen LogP contribution >= 0.6 is 0 Å². The van der Waals surface area contributed by atoms with Crippen LogP contribution in [-0.2, 0) is 0 Å². The molecule has 0 saturated carbocycles. The first kappa shape index (κ1) is 17.8. The topological polar surface area (TPSA) is 77.3 Å². The molecule has 6 heteroatoms. The third-order valence-corrected chi connectivity index (χ3v) is 4.61. The predicted molar refractivity (Wildman–Crippen MR) is 115 cm³/mol. The van der Waals surface area contributed by atoms with Crippen LogP contribution in [0.5, 0.6) is 0 Å². The molecule has 0 unspecified atom stereocenters. The van der Waals surface area contributed by atoms with Gasteiger partial charge in [0.25, 0.3) is 0 Å². The van der Waals surface area contributed by atoms with Gasteiger partial charge in [0.05, 0.1) is 0 Å². The van der Waals surface area contributed by atoms with Crippen molar-refractivity contribution in [2.75, 3.05) is 0 Å². The van der Waals surface area contributed by atoms with Crippen LogP contribution in [0.3, 0.4) is 0 Å². The van der Waals surface area contributed by atoms with Gasteiger partial charge in [-0.15, -0.1) is 0 Å². The molecular formula is C24H16N6. The lowest BCUT2D eigenvalue weighted by atomic mass is 10.0. The average molecular weight is 388 g/mol. The van der Waals surface area contributed by atoms with Crippen molar-refractivity contribution in [2.24, 2.45) is 0 Å². The van der Waals surface area contributed by atoms with E-state index < -0.39 is 0 Å². The first-order valence-electron chi connectivity index (χ1n) is 9.45. The Labute approximate surface area is 173 Å². The number of aromatic nitrogens is 6. The van der Waals surface area contributed by atoms with Gasteiger partial charge in [-0.3, -0.25) is 15.0 Å². The molecule has 0 spiro atoms. The van der Waals surface area contributed by atoms with E-state index in [9.17, 15) is 0 Å². The highest BCUT2D eigenvalue weighted by molar-refractivity contribution is 5.69. The minimum absolute atomic E-state index is 0.526. The molecule has 30 heavy (non-hydrogen) atoms. The molecule has 0 fully saturated rings. The summed E-state index contributed by atoms with van der Waals surface area (Å²) < 4.78 is 0. The highest BCUT2D eigenvalue weighted by atomic mass is 15.0. The minimum atomic E-state index is 0.526. The van der Waals surface area contributed by atoms with Gasteiger partial charge in [0, 0.05) is 42.1 Å². The van der Waals surface area contributed by atoms with Gasteiger partial charge in [-0.05, 0) is 47.5 Å². The molecule has 5 aromatic rings. The van der Waals surface area contributed by atoms with Crippen molar-refractivity contribution in [3.05, 3.63) is 97.7 Å². The molecule has 6 nitrogen and oxygen atoms in total. The second-order valence-electron chi connectivity index (χ2n) is 6.58. The molecule has 0 aliphatic rings. The summed E-state index contributed by atoms with van der Waals surface area (Å²) in [5, 5.41) is 0. The zero-order chi connectivity index (χ0) is 20.2. The summed E-state index contributed by atoms with van der Waals surface area (Å²) in [4.78, 5) is 26.7. The zero-order valence-corrected chi connectivity index (χ0v) is 15.9. The van der Waals surface area contributed by atoms with E-state index in [0.717, 1.165) is 22.3 Å². The van der Waals surface area contributed by atoms with Gasteiger partial charge in [-0.2, -0.15) is 0 Å². The van der Waals surface area contributed by atoms with E-state index in [1.54, 1.807) is 31.0 Å². The SMILES string of the molecule is c1ccc(-c2nc(-c3ccc(-c4ccncc4)cc3)nc(-c3cccnc3)n2)nc1. The lowest BCUT2D eigenvalue weighted by molar-refractivity contribution is 1.06. The molecule has 0 N–H and O–H groups in total. The van der Waals surface area contributed by atoms with E-state index in [1.165, 1.54) is 0 Å². The van der Waals surface area contributed by atoms with E-state index in [-0.39, 0.29) is 0 Å². The number of hydrogen-bond donors (Lipinski definition) is 0. The number of nitrogens with zero attached hydrogens (tertiary/aromatic N) is 6. The summed E-state index contributed by atoms with van der Waals surface area (Å²) in [6.07, 6.45) is 8.77. The van der Waals surface area contributed by atoms with Crippen LogP contribution in [0.1, 0.15) is 0 Å². The summed E-state index contributed by atoms with van der Waals surface area (Å²) in [5.74, 6) is 1.68. The molecule has 5 rings (SSSR count). The molecule has 0 radical (unpaired) electrons. The first-order chi connectivity index (χ1) is 14.9. The molecule has 142 valence electrons. The van der Waals surface area contributed by atoms with Gasteiger partial charge >= 0.3 is 0 Å². The van der Waals surface area contributed by atoms with Crippen LogP contribution in [0.4, 0.5) is 0 Å². The van der Waals surface area contributed by atoms with Crippen LogP contribution in [0.15, 0.2) is 97.7 Å². The number of pyridine rings is 3. The van der Waals surface area contributed by atoms with Crippen LogP contribution in [-0.4, -0.2) is 29.9 Å². The smallest absolute Gasteiger partial charge is 0.182 e. The molecule has 4 heterocycles. The lowest BCUT2D eigenvalue weighted by Gasteiger charge is -2.08. The number of rotatable bonds is 4. The van der Waals surface area contributed by atoms with Crippen LogP contribution in [0, 0.1) is 0 Å². The second kappa shape index (κ2) is 7.97. The van der Waals surface area contributed by atoms with Gasteiger partial charge in [-0.1, -0.05) is 30.3 Å². The summed E-state index contributed by atoms with van der Waals surface area (Å²) in [7, 11) is 0. The largest absolute Gasteiger partial charge is 0.265 e. The fourth-order valence-electron chi connectivity index (χ4n) is 3.09. The first-order valence-corrected chi connectivity index (χ1v) is 9.45. The Morgan fingerprint density at radius 1 is 0.433 bits per heavy atom. The molecule has 0 bridgehead atoms. The molecule has 0 atom stereocenters. The highest BCUT2D eigenvalue weighted by Crippen LogP contribution is 2.26. The predicted octanol–water partition coefficient (Wildman–Crippen LogP) is 4.72. The summed E-state index contributed by atoms with van der Waals surface area (Å²) in [6, 6.07) is 21.6. The van der Waals surface area contributed by atoms with Gasteiger partial charge in [0.15, 0.2) is 17.5 Å². The molecule has 0 saturated heterocycles. The van der Waals surface area contributed by atoms with Gasteiger partial charge in [0.1, 0.15) is 5.69 Å². The Balaban J connectivity index is 1.60. The number of benzene rings is 1. The van der Waals surface area contributed by atoms with Crippen molar-refractivity contribution in [1.82, 2.24) is 29.9 Å². The Morgan fingerprint density at radius 2 is 1.13 bits per heavy atom. The molecule has 0 aliphatic heterocycles. The van der Waals surface area contributed by atoms with Crippen molar-refractivity contribution in [1.29, 1.82) is 0 Å². The van der Waals surface area contributed by atoms with Gasteiger partial charge in [0.2, 0.25) is 0 Å². The Bertz CT molecular complexity index is 1200. The molecule has 0 amide bonds. The Morgan fingerprint density at radius 3 is 1.83 bits per heavy atom. The molecule has 0 aliphatic carbocycles. The summed E-state index contributed by atoms with van der Waals surface area (Å²) in [6.45, 7) is 0. The van der Waals surface area contributed by atoms with E-state index >= 15 is 0 Å². The fourth-order valence-corrected chi connectivity index (χ4v) is 3.09. The third kappa shape index (κ3) is 3.66. The Kier molecular flexibility index (Phi) is 4.72. The van der Waals surface area contributed by atoms with Crippen LogP contribution < -0.4 is 0 Å². The average Bonchev–Trinajstić information content (AvgIpc) is 2.85. The van der Waals surface area contributed by atoms with Crippen molar-refractivity contribution in [3.63, 3.8) is 0 Å². The maximum atomic E-state index is 4.70. The van der Waals surface area contributed by atoms with E-state index in [4.69, 9.17) is 4.98 Å². The van der Waals surface area contributed by atoms with E-state index in [2.05, 4.69) is 37.1 Å². The lowest BCUT2D eigenvalue weighted by Crippen LogP contribution is -2.01. The second-order valence-corrected chi connectivity index (χ2v) is 6.58.